The van der Waals surface area contributed by atoms with Crippen molar-refractivity contribution in [2.45, 2.75) is 6.54 Å². The van der Waals surface area contributed by atoms with Crippen molar-refractivity contribution >= 4 is 39.9 Å². The number of nitrogens with zero attached hydrogens (tertiary/aromatic N) is 3. The van der Waals surface area contributed by atoms with Gasteiger partial charge in [0.05, 0.1) is 22.1 Å². The lowest BCUT2D eigenvalue weighted by Crippen LogP contribution is -2.23. The number of aromatic nitrogens is 3. The Morgan fingerprint density at radius 1 is 1.59 bits per heavy atom. The molecule has 8 heteroatoms. The molecule has 2 rings (SSSR count). The zero-order chi connectivity index (χ0) is 12.4. The summed E-state index contributed by atoms with van der Waals surface area (Å²) in [4.78, 5) is 30.1. The maximum absolute atomic E-state index is 11.7. The number of hydrogen-bond donors (Lipinski definition) is 1. The molecule has 0 atom stereocenters. The Morgan fingerprint density at radius 2 is 2.35 bits per heavy atom. The molecule has 0 unspecified atom stereocenters. The second-order valence-corrected chi connectivity index (χ2v) is 5.14. The number of carboxylic acid groups (broad SMARTS) is 1. The van der Waals surface area contributed by atoms with Crippen LogP contribution in [-0.4, -0.2) is 25.6 Å². The van der Waals surface area contributed by atoms with E-state index < -0.39 is 5.97 Å². The van der Waals surface area contributed by atoms with Crippen molar-refractivity contribution in [1.82, 2.24) is 14.5 Å². The van der Waals surface area contributed by atoms with E-state index in [0.29, 0.717) is 9.26 Å². The van der Waals surface area contributed by atoms with E-state index >= 15 is 0 Å². The Balaban J connectivity index is 2.28. The van der Waals surface area contributed by atoms with Gasteiger partial charge in [-0.1, -0.05) is 0 Å². The third-order valence-corrected chi connectivity index (χ3v) is 3.55. The number of rotatable bonds is 3. The SMILES string of the molecule is O=C(O)c1nc(Cn2cncc(I)c2=O)cs1. The van der Waals surface area contributed by atoms with Crippen LogP contribution in [0.1, 0.15) is 15.5 Å². The van der Waals surface area contributed by atoms with Crippen LogP contribution in [0.2, 0.25) is 0 Å². The van der Waals surface area contributed by atoms with Gasteiger partial charge in [-0.3, -0.25) is 9.36 Å². The van der Waals surface area contributed by atoms with Gasteiger partial charge >= 0.3 is 5.97 Å². The fourth-order valence-corrected chi connectivity index (χ4v) is 2.31. The number of hydrogen-bond acceptors (Lipinski definition) is 5. The predicted octanol–water partition coefficient (Wildman–Crippen LogP) is 1.05. The maximum Gasteiger partial charge on any atom is 0.365 e. The highest BCUT2D eigenvalue weighted by Gasteiger charge is 2.10. The van der Waals surface area contributed by atoms with Crippen molar-refractivity contribution in [2.75, 3.05) is 0 Å². The van der Waals surface area contributed by atoms with Gasteiger partial charge in [-0.05, 0) is 22.6 Å². The summed E-state index contributed by atoms with van der Waals surface area (Å²) < 4.78 is 1.90. The average molecular weight is 363 g/mol. The Hall–Kier alpha value is -1.29. The number of aromatic carboxylic acids is 1. The smallest absolute Gasteiger partial charge is 0.365 e. The minimum Gasteiger partial charge on any atom is -0.476 e. The quantitative estimate of drug-likeness (QED) is 0.825. The third kappa shape index (κ3) is 2.69. The van der Waals surface area contributed by atoms with Gasteiger partial charge in [0.2, 0.25) is 5.01 Å². The first kappa shape index (κ1) is 12.2. The Kier molecular flexibility index (Phi) is 3.52. The summed E-state index contributed by atoms with van der Waals surface area (Å²) in [5.74, 6) is -1.06. The largest absolute Gasteiger partial charge is 0.476 e. The van der Waals surface area contributed by atoms with E-state index in [9.17, 15) is 9.59 Å². The summed E-state index contributed by atoms with van der Waals surface area (Å²) in [5, 5.41) is 10.4. The molecule has 0 bridgehead atoms. The molecule has 0 spiro atoms. The molecule has 0 radical (unpaired) electrons. The van der Waals surface area contributed by atoms with Gasteiger partial charge in [0.15, 0.2) is 0 Å². The number of carboxylic acids is 1. The molecule has 0 amide bonds. The average Bonchev–Trinajstić information content (AvgIpc) is 2.73. The van der Waals surface area contributed by atoms with Crippen LogP contribution < -0.4 is 5.56 Å². The van der Waals surface area contributed by atoms with Crippen molar-refractivity contribution < 1.29 is 9.90 Å². The lowest BCUT2D eigenvalue weighted by molar-refractivity contribution is 0.0696. The highest BCUT2D eigenvalue weighted by Crippen LogP contribution is 2.10. The summed E-state index contributed by atoms with van der Waals surface area (Å²) in [6.45, 7) is 0.229. The highest BCUT2D eigenvalue weighted by molar-refractivity contribution is 14.1. The first-order chi connectivity index (χ1) is 8.08. The molecule has 1 N–H and O–H groups in total. The molecule has 0 aliphatic carbocycles. The summed E-state index contributed by atoms with van der Waals surface area (Å²) >= 11 is 2.94. The summed E-state index contributed by atoms with van der Waals surface area (Å²) in [7, 11) is 0. The molecule has 0 aliphatic heterocycles. The van der Waals surface area contributed by atoms with E-state index in [-0.39, 0.29) is 17.1 Å². The van der Waals surface area contributed by atoms with Crippen LogP contribution in [0.4, 0.5) is 0 Å². The molecule has 6 nitrogen and oxygen atoms in total. The van der Waals surface area contributed by atoms with Crippen LogP contribution in [-0.2, 0) is 6.54 Å². The molecule has 0 saturated carbocycles. The lowest BCUT2D eigenvalue weighted by atomic mass is 10.4. The molecule has 2 aromatic rings. The maximum atomic E-state index is 11.7. The second kappa shape index (κ2) is 4.92. The predicted molar refractivity (Wildman–Crippen MR) is 69.4 cm³/mol. The lowest BCUT2D eigenvalue weighted by Gasteiger charge is -2.01. The minimum absolute atomic E-state index is 0.0200. The number of carbonyl (C=O) groups is 1. The van der Waals surface area contributed by atoms with Gasteiger partial charge < -0.3 is 5.11 Å². The fraction of sp³-hybridized carbons (Fsp3) is 0.111. The molecule has 0 saturated heterocycles. The Bertz CT molecular complexity index is 622. The van der Waals surface area contributed by atoms with Gasteiger partial charge in [-0.15, -0.1) is 11.3 Å². The standard InChI is InChI=1S/C9H6IN3O3S/c10-6-1-11-4-13(8(6)14)2-5-3-17-7(12-5)9(15)16/h1,3-4H,2H2,(H,15,16). The molecule has 2 aromatic heterocycles. The summed E-state index contributed by atoms with van der Waals surface area (Å²) in [6, 6.07) is 0. The topological polar surface area (TPSA) is 85.1 Å². The molecule has 0 fully saturated rings. The normalized spacial score (nSPS) is 10.4. The molecule has 17 heavy (non-hydrogen) atoms. The second-order valence-electron chi connectivity index (χ2n) is 3.12. The molecule has 2 heterocycles. The zero-order valence-corrected chi connectivity index (χ0v) is 11.3. The van der Waals surface area contributed by atoms with E-state index in [1.807, 2.05) is 22.6 Å². The van der Waals surface area contributed by atoms with Crippen LogP contribution in [0, 0.1) is 3.57 Å². The summed E-state index contributed by atoms with van der Waals surface area (Å²) in [6.07, 6.45) is 2.88. The Labute approximate surface area is 113 Å². The van der Waals surface area contributed by atoms with Crippen molar-refractivity contribution in [3.05, 3.63) is 42.5 Å². The first-order valence-corrected chi connectivity index (χ1v) is 6.41. The molecular formula is C9H6IN3O3S. The zero-order valence-electron chi connectivity index (χ0n) is 8.33. The minimum atomic E-state index is -1.06. The van der Waals surface area contributed by atoms with Crippen molar-refractivity contribution in [1.29, 1.82) is 0 Å². The van der Waals surface area contributed by atoms with Crippen molar-refractivity contribution in [3.8, 4) is 0 Å². The summed E-state index contributed by atoms with van der Waals surface area (Å²) in [5.41, 5.74) is 0.378. The van der Waals surface area contributed by atoms with Crippen LogP contribution in [0.25, 0.3) is 0 Å². The van der Waals surface area contributed by atoms with Crippen LogP contribution in [0.15, 0.2) is 22.7 Å². The number of halogens is 1. The van der Waals surface area contributed by atoms with Crippen LogP contribution >= 0.6 is 33.9 Å². The first-order valence-electron chi connectivity index (χ1n) is 4.45. The van der Waals surface area contributed by atoms with Gasteiger partial charge in [0.1, 0.15) is 0 Å². The third-order valence-electron chi connectivity index (χ3n) is 1.93. The van der Waals surface area contributed by atoms with E-state index in [1.54, 1.807) is 5.38 Å². The Morgan fingerprint density at radius 3 is 3.00 bits per heavy atom. The molecule has 0 aliphatic rings. The van der Waals surface area contributed by atoms with E-state index in [4.69, 9.17) is 5.11 Å². The monoisotopic (exact) mass is 363 g/mol. The van der Waals surface area contributed by atoms with Gasteiger partial charge in [-0.25, -0.2) is 14.8 Å². The molecular weight excluding hydrogens is 357 g/mol. The van der Waals surface area contributed by atoms with E-state index in [0.717, 1.165) is 11.3 Å². The van der Waals surface area contributed by atoms with Gasteiger partial charge in [-0.2, -0.15) is 0 Å². The van der Waals surface area contributed by atoms with Gasteiger partial charge in [0.25, 0.3) is 5.56 Å². The molecule has 0 aromatic carbocycles. The van der Waals surface area contributed by atoms with Crippen LogP contribution in [0.5, 0.6) is 0 Å². The van der Waals surface area contributed by atoms with E-state index in [1.165, 1.54) is 17.1 Å². The fourth-order valence-electron chi connectivity index (χ4n) is 1.19. The molecule has 88 valence electrons. The highest BCUT2D eigenvalue weighted by atomic mass is 127. The van der Waals surface area contributed by atoms with Crippen LogP contribution in [0.3, 0.4) is 0 Å². The van der Waals surface area contributed by atoms with Crippen molar-refractivity contribution in [3.63, 3.8) is 0 Å². The van der Waals surface area contributed by atoms with Crippen molar-refractivity contribution in [2.24, 2.45) is 0 Å². The number of thiazole rings is 1. The van der Waals surface area contributed by atoms with Gasteiger partial charge in [0, 0.05) is 11.6 Å². The van der Waals surface area contributed by atoms with E-state index in [2.05, 4.69) is 9.97 Å².